The molecule has 0 aliphatic heterocycles. The number of nitrogens with one attached hydrogen (secondary N) is 1. The molecule has 0 fully saturated rings. The molecule has 0 radical (unpaired) electrons. The molecule has 2 aromatic rings. The van der Waals surface area contributed by atoms with Crippen LogP contribution in [0.1, 0.15) is 49.7 Å². The van der Waals surface area contributed by atoms with E-state index in [9.17, 15) is 18.8 Å². The third kappa shape index (κ3) is 6.50. The normalized spacial score (nSPS) is 12.6. The maximum absolute atomic E-state index is 13.1. The molecule has 2 atom stereocenters. The molecule has 0 aliphatic carbocycles. The van der Waals surface area contributed by atoms with E-state index >= 15 is 0 Å². The van der Waals surface area contributed by atoms with E-state index in [4.69, 9.17) is 14.2 Å². The van der Waals surface area contributed by atoms with Gasteiger partial charge in [0.25, 0.3) is 5.91 Å². The zero-order valence-electron chi connectivity index (χ0n) is 18.7. The summed E-state index contributed by atoms with van der Waals surface area (Å²) in [5, 5.41) is 2.41. The van der Waals surface area contributed by atoms with Crippen LogP contribution in [0.5, 0.6) is 11.5 Å². The van der Waals surface area contributed by atoms with Gasteiger partial charge in [0, 0.05) is 18.2 Å². The molecule has 0 saturated heterocycles. The summed E-state index contributed by atoms with van der Waals surface area (Å²) in [7, 11) is 1.37. The van der Waals surface area contributed by atoms with Crippen molar-refractivity contribution in [2.24, 2.45) is 5.92 Å². The molecule has 1 amide bonds. The van der Waals surface area contributed by atoms with Gasteiger partial charge in [-0.1, -0.05) is 32.9 Å². The minimum atomic E-state index is -0.730. The molecule has 9 heteroatoms. The number of esters is 2. The van der Waals surface area contributed by atoms with Crippen LogP contribution < -0.4 is 14.8 Å². The number of hydrogen-bond donors (Lipinski definition) is 1. The average molecular weight is 446 g/mol. The Morgan fingerprint density at radius 1 is 1.06 bits per heavy atom. The Balaban J connectivity index is 2.01. The molecular formula is C23H27FN2O6. The topological polar surface area (TPSA) is 104 Å². The van der Waals surface area contributed by atoms with E-state index in [2.05, 4.69) is 10.3 Å². The van der Waals surface area contributed by atoms with Gasteiger partial charge in [-0.25, -0.2) is 9.37 Å². The van der Waals surface area contributed by atoms with Gasteiger partial charge in [-0.05, 0) is 24.6 Å². The highest BCUT2D eigenvalue weighted by Gasteiger charge is 2.24. The lowest BCUT2D eigenvalue weighted by atomic mass is 9.96. The number of ether oxygens (including phenoxy) is 3. The fourth-order valence-corrected chi connectivity index (χ4v) is 2.69. The van der Waals surface area contributed by atoms with Gasteiger partial charge in [0.2, 0.25) is 5.75 Å². The molecule has 0 saturated carbocycles. The minimum Gasteiger partial charge on any atom is -0.493 e. The highest BCUT2D eigenvalue weighted by atomic mass is 19.1. The van der Waals surface area contributed by atoms with Gasteiger partial charge < -0.3 is 19.5 Å². The van der Waals surface area contributed by atoms with Crippen molar-refractivity contribution in [3.8, 4) is 11.5 Å². The molecule has 1 N–H and O–H groups in total. The van der Waals surface area contributed by atoms with Crippen LogP contribution in [0.3, 0.4) is 0 Å². The highest BCUT2D eigenvalue weighted by Crippen LogP contribution is 2.30. The summed E-state index contributed by atoms with van der Waals surface area (Å²) in [4.78, 5) is 40.8. The Hall–Kier alpha value is -3.49. The van der Waals surface area contributed by atoms with Crippen LogP contribution in [0.15, 0.2) is 36.5 Å². The zero-order valence-corrected chi connectivity index (χ0v) is 18.7. The summed E-state index contributed by atoms with van der Waals surface area (Å²) >= 11 is 0. The smallest absolute Gasteiger partial charge is 0.325 e. The number of rotatable bonds is 9. The van der Waals surface area contributed by atoms with Crippen molar-refractivity contribution in [1.82, 2.24) is 10.3 Å². The summed E-state index contributed by atoms with van der Waals surface area (Å²) in [5.41, 5.74) is 0.617. The number of benzene rings is 1. The van der Waals surface area contributed by atoms with Gasteiger partial charge in [0.15, 0.2) is 11.4 Å². The first-order valence-electron chi connectivity index (χ1n) is 10.1. The van der Waals surface area contributed by atoms with Gasteiger partial charge in [0.1, 0.15) is 18.5 Å². The molecule has 1 aromatic carbocycles. The average Bonchev–Trinajstić information content (AvgIpc) is 2.77. The van der Waals surface area contributed by atoms with E-state index in [0.717, 1.165) is 5.56 Å². The Kier molecular flexibility index (Phi) is 8.69. The lowest BCUT2D eigenvalue weighted by Gasteiger charge is -2.21. The molecule has 0 spiro atoms. The predicted molar refractivity (Wildman–Crippen MR) is 114 cm³/mol. The number of nitrogens with zero attached hydrogens (tertiary/aromatic N) is 1. The van der Waals surface area contributed by atoms with Crippen LogP contribution in [0.2, 0.25) is 0 Å². The molecule has 0 bridgehead atoms. The van der Waals surface area contributed by atoms with Crippen molar-refractivity contribution in [2.75, 3.05) is 13.7 Å². The summed E-state index contributed by atoms with van der Waals surface area (Å²) in [5.74, 6) is -2.89. The van der Waals surface area contributed by atoms with E-state index in [1.165, 1.54) is 31.5 Å². The SMILES string of the molecule is COc1ccnc(C(=O)NCC(=O)O[C@@H](C)[C@@H](C)c2ccc(F)cc2)c1OC(=O)C(C)C. The quantitative estimate of drug-likeness (QED) is 0.590. The number of aromatic nitrogens is 1. The van der Waals surface area contributed by atoms with Crippen molar-refractivity contribution in [3.63, 3.8) is 0 Å². The Morgan fingerprint density at radius 2 is 1.72 bits per heavy atom. The third-order valence-corrected chi connectivity index (χ3v) is 4.79. The second kappa shape index (κ2) is 11.2. The minimum absolute atomic E-state index is 0.127. The number of methoxy groups -OCH3 is 1. The Labute approximate surface area is 186 Å². The molecule has 2 rings (SSSR count). The lowest BCUT2D eigenvalue weighted by molar-refractivity contribution is -0.147. The Bertz CT molecular complexity index is 961. The number of carbonyl (C=O) groups excluding carboxylic acids is 3. The highest BCUT2D eigenvalue weighted by molar-refractivity contribution is 5.98. The van der Waals surface area contributed by atoms with Crippen LogP contribution in [0.4, 0.5) is 4.39 Å². The van der Waals surface area contributed by atoms with E-state index in [-0.39, 0.29) is 28.9 Å². The van der Waals surface area contributed by atoms with Crippen molar-refractivity contribution in [2.45, 2.75) is 39.7 Å². The fraction of sp³-hybridized carbons (Fsp3) is 0.391. The standard InChI is InChI=1S/C23H27FN2O6/c1-13(2)23(29)32-21-18(30-5)10-11-25-20(21)22(28)26-12-19(27)31-15(4)14(3)16-6-8-17(24)9-7-16/h6-11,13-15H,12H2,1-5H3,(H,26,28)/t14-,15+/m1/s1. The zero-order chi connectivity index (χ0) is 23.8. The van der Waals surface area contributed by atoms with E-state index in [0.29, 0.717) is 0 Å². The summed E-state index contributed by atoms with van der Waals surface area (Å²) in [6, 6.07) is 7.38. The maximum Gasteiger partial charge on any atom is 0.325 e. The van der Waals surface area contributed by atoms with Crippen molar-refractivity contribution in [1.29, 1.82) is 0 Å². The summed E-state index contributed by atoms with van der Waals surface area (Å²) in [6.07, 6.45) is 0.813. The maximum atomic E-state index is 13.1. The van der Waals surface area contributed by atoms with Gasteiger partial charge in [-0.2, -0.15) is 0 Å². The molecule has 1 heterocycles. The van der Waals surface area contributed by atoms with Gasteiger partial charge in [-0.15, -0.1) is 0 Å². The van der Waals surface area contributed by atoms with E-state index in [1.54, 1.807) is 32.9 Å². The van der Waals surface area contributed by atoms with Crippen molar-refractivity contribution >= 4 is 17.8 Å². The van der Waals surface area contributed by atoms with Crippen LogP contribution in [0.25, 0.3) is 0 Å². The molecule has 0 aliphatic rings. The lowest BCUT2D eigenvalue weighted by Crippen LogP contribution is -2.34. The monoisotopic (exact) mass is 446 g/mol. The van der Waals surface area contributed by atoms with Crippen LogP contribution >= 0.6 is 0 Å². The first-order valence-corrected chi connectivity index (χ1v) is 10.1. The molecule has 8 nitrogen and oxygen atoms in total. The third-order valence-electron chi connectivity index (χ3n) is 4.79. The molecule has 172 valence electrons. The molecule has 32 heavy (non-hydrogen) atoms. The van der Waals surface area contributed by atoms with Crippen LogP contribution in [-0.2, 0) is 14.3 Å². The second-order valence-corrected chi connectivity index (χ2v) is 7.48. The first-order chi connectivity index (χ1) is 15.1. The summed E-state index contributed by atoms with van der Waals surface area (Å²) in [6.45, 7) is 6.43. The van der Waals surface area contributed by atoms with Crippen LogP contribution in [0, 0.1) is 11.7 Å². The number of pyridine rings is 1. The van der Waals surface area contributed by atoms with E-state index < -0.39 is 36.4 Å². The molecule has 1 aromatic heterocycles. The number of hydrogen-bond acceptors (Lipinski definition) is 7. The molecular weight excluding hydrogens is 419 g/mol. The largest absolute Gasteiger partial charge is 0.493 e. The van der Waals surface area contributed by atoms with Crippen molar-refractivity contribution < 1.29 is 33.0 Å². The van der Waals surface area contributed by atoms with E-state index in [1.807, 2.05) is 6.92 Å². The summed E-state index contributed by atoms with van der Waals surface area (Å²) < 4.78 is 28.9. The second-order valence-electron chi connectivity index (χ2n) is 7.48. The van der Waals surface area contributed by atoms with Gasteiger partial charge in [0.05, 0.1) is 13.0 Å². The number of halogens is 1. The Morgan fingerprint density at radius 3 is 2.31 bits per heavy atom. The predicted octanol–water partition coefficient (Wildman–Crippen LogP) is 3.26. The van der Waals surface area contributed by atoms with Gasteiger partial charge in [-0.3, -0.25) is 14.4 Å². The van der Waals surface area contributed by atoms with Gasteiger partial charge >= 0.3 is 11.9 Å². The number of amides is 1. The molecule has 0 unspecified atom stereocenters. The number of carbonyl (C=O) groups is 3. The van der Waals surface area contributed by atoms with Crippen LogP contribution in [-0.4, -0.2) is 42.6 Å². The first kappa shape index (κ1) is 24.8. The van der Waals surface area contributed by atoms with Crippen molar-refractivity contribution in [3.05, 3.63) is 53.6 Å². The fourth-order valence-electron chi connectivity index (χ4n) is 2.69.